The number of methoxy groups -OCH3 is 1. The summed E-state index contributed by atoms with van der Waals surface area (Å²) in [4.78, 5) is 49.7. The lowest BCUT2D eigenvalue weighted by Gasteiger charge is -2.72. The number of carbonyl (C=O) groups is 4. The van der Waals surface area contributed by atoms with E-state index in [2.05, 4.69) is 63.5 Å². The number of esters is 2. The third kappa shape index (κ3) is 7.73. The van der Waals surface area contributed by atoms with Gasteiger partial charge in [0.15, 0.2) is 0 Å². The van der Waals surface area contributed by atoms with Crippen LogP contribution in [0, 0.1) is 56.7 Å². The van der Waals surface area contributed by atoms with E-state index >= 15 is 0 Å². The Labute approximate surface area is 321 Å². The van der Waals surface area contributed by atoms with Crippen LogP contribution in [0.5, 0.6) is 0 Å². The van der Waals surface area contributed by atoms with Crippen LogP contribution in [0.1, 0.15) is 164 Å². The Morgan fingerprint density at radius 2 is 1.38 bits per heavy atom. The fourth-order valence-corrected chi connectivity index (χ4v) is 13.9. The van der Waals surface area contributed by atoms with Gasteiger partial charge in [-0.3, -0.25) is 19.2 Å². The van der Waals surface area contributed by atoms with Crippen molar-refractivity contribution in [2.24, 2.45) is 56.7 Å². The van der Waals surface area contributed by atoms with Crippen molar-refractivity contribution in [1.82, 2.24) is 10.6 Å². The molecular formula is C45H74N2O6. The predicted molar refractivity (Wildman–Crippen MR) is 209 cm³/mol. The first-order valence-corrected chi connectivity index (χ1v) is 21.4. The molecule has 0 aliphatic heterocycles. The number of rotatable bonds is 15. The molecule has 0 aromatic rings. The van der Waals surface area contributed by atoms with Crippen LogP contribution < -0.4 is 10.6 Å². The highest BCUT2D eigenvalue weighted by atomic mass is 16.5. The van der Waals surface area contributed by atoms with E-state index in [9.17, 15) is 19.2 Å². The Kier molecular flexibility index (Phi) is 12.9. The van der Waals surface area contributed by atoms with Gasteiger partial charge in [0.25, 0.3) is 0 Å². The summed E-state index contributed by atoms with van der Waals surface area (Å²) in [6.45, 7) is 22.3. The minimum Gasteiger partial charge on any atom is -0.469 e. The molecule has 2 amide bonds. The summed E-state index contributed by atoms with van der Waals surface area (Å²) in [6.07, 6.45) is 17.3. The number of nitrogens with one attached hydrogen (secondary N) is 2. The molecule has 0 heterocycles. The number of fused-ring (bicyclic) bond motifs is 7. The Bertz CT molecular complexity index is 1380. The van der Waals surface area contributed by atoms with Gasteiger partial charge >= 0.3 is 11.9 Å². The van der Waals surface area contributed by atoms with E-state index in [0.717, 1.165) is 77.2 Å². The van der Waals surface area contributed by atoms with Crippen LogP contribution in [0.25, 0.3) is 0 Å². The van der Waals surface area contributed by atoms with Crippen LogP contribution in [0.2, 0.25) is 0 Å². The molecule has 53 heavy (non-hydrogen) atoms. The maximum Gasteiger partial charge on any atom is 0.305 e. The zero-order chi connectivity index (χ0) is 38.8. The first kappa shape index (κ1) is 41.8. The first-order chi connectivity index (χ1) is 25.0. The van der Waals surface area contributed by atoms with Gasteiger partial charge in [-0.15, -0.1) is 0 Å². The number of amides is 2. The molecule has 5 fully saturated rings. The normalized spacial score (nSPS) is 38.3. The molecule has 0 unspecified atom stereocenters. The predicted octanol–water partition coefficient (Wildman–Crippen LogP) is 9.10. The van der Waals surface area contributed by atoms with Crippen LogP contribution in [-0.2, 0) is 28.7 Å². The number of unbranched alkanes of at least 4 members (excludes halogenated alkanes) is 4. The second kappa shape index (κ2) is 16.4. The maximum atomic E-state index is 14.5. The van der Waals surface area contributed by atoms with Crippen molar-refractivity contribution in [2.75, 3.05) is 20.2 Å². The molecule has 8 heteroatoms. The lowest BCUT2D eigenvalue weighted by molar-refractivity contribution is -0.248. The highest BCUT2D eigenvalue weighted by molar-refractivity contribution is 5.84. The third-order valence-electron chi connectivity index (χ3n) is 16.7. The monoisotopic (exact) mass is 739 g/mol. The minimum atomic E-state index is -0.294. The number of allylic oxidation sites excluding steroid dienone is 1. The summed E-state index contributed by atoms with van der Waals surface area (Å²) in [5, 5.41) is 6.43. The standard InChI is InChI=1S/C45H74N2O6/c1-30(2)32-20-25-45(40(51)47-29-14-12-10-11-13-28-46-37(49)16-15-17-38(50)52-9)27-26-43(7)33(39(32)45)18-19-35-42(6)23-22-36(53-31(3)48)41(4,5)34(42)21-24-44(35,43)8/h32-36,39H,1,10-29H2,2-9H3,(H,46,49)(H,47,51)/t32-,33+,34-,35+,36-,39+,42-,43+,44+,45-/m0/s1. The minimum absolute atomic E-state index is 0.00518. The highest BCUT2D eigenvalue weighted by Gasteiger charge is 2.72. The molecule has 0 radical (unpaired) electrons. The molecule has 300 valence electrons. The SMILES string of the molecule is C=C(C)[C@@H]1CC[C@]2(C(=O)NCCCCCCCNC(=O)CCCC(=O)OC)CC[C@]3(C)[C@H](CC[C@@H]4[C@@]5(C)CC[C@H](OC(C)=O)C(C)(C)[C@@H]5CC[C@]43C)[C@@H]12. The summed E-state index contributed by atoms with van der Waals surface area (Å²) >= 11 is 0. The van der Waals surface area contributed by atoms with Gasteiger partial charge in [-0.2, -0.15) is 0 Å². The Balaban J connectivity index is 1.18. The van der Waals surface area contributed by atoms with E-state index in [4.69, 9.17) is 4.74 Å². The third-order valence-corrected chi connectivity index (χ3v) is 16.7. The zero-order valence-corrected chi connectivity index (χ0v) is 34.8. The van der Waals surface area contributed by atoms with Crippen molar-refractivity contribution in [3.8, 4) is 0 Å². The van der Waals surface area contributed by atoms with Gasteiger partial charge < -0.3 is 20.1 Å². The molecule has 0 aromatic carbocycles. The molecular weight excluding hydrogens is 665 g/mol. The van der Waals surface area contributed by atoms with Crippen LogP contribution >= 0.6 is 0 Å². The fraction of sp³-hybridized carbons (Fsp3) is 0.867. The number of hydrogen-bond donors (Lipinski definition) is 2. The van der Waals surface area contributed by atoms with Gasteiger partial charge in [0.1, 0.15) is 6.10 Å². The summed E-state index contributed by atoms with van der Waals surface area (Å²) < 4.78 is 10.6. The molecule has 0 saturated heterocycles. The summed E-state index contributed by atoms with van der Waals surface area (Å²) in [7, 11) is 1.36. The lowest BCUT2D eigenvalue weighted by Crippen LogP contribution is -2.67. The fourth-order valence-electron chi connectivity index (χ4n) is 13.9. The van der Waals surface area contributed by atoms with E-state index in [0.29, 0.717) is 54.9 Å². The van der Waals surface area contributed by atoms with Crippen LogP contribution in [0.3, 0.4) is 0 Å². The van der Waals surface area contributed by atoms with Gasteiger partial charge in [0.05, 0.1) is 12.5 Å². The van der Waals surface area contributed by atoms with Crippen molar-refractivity contribution < 1.29 is 28.7 Å². The van der Waals surface area contributed by atoms with E-state index in [1.807, 2.05) is 0 Å². The number of carbonyl (C=O) groups excluding carboxylic acids is 4. The van der Waals surface area contributed by atoms with Crippen molar-refractivity contribution in [1.29, 1.82) is 0 Å². The van der Waals surface area contributed by atoms with Crippen LogP contribution in [0.15, 0.2) is 12.2 Å². The van der Waals surface area contributed by atoms with Crippen LogP contribution in [-0.4, -0.2) is 50.1 Å². The molecule has 5 aliphatic carbocycles. The van der Waals surface area contributed by atoms with Crippen molar-refractivity contribution in [2.45, 2.75) is 170 Å². The number of ether oxygens (including phenoxy) is 2. The maximum absolute atomic E-state index is 14.5. The largest absolute Gasteiger partial charge is 0.469 e. The molecule has 0 aromatic heterocycles. The van der Waals surface area contributed by atoms with Crippen molar-refractivity contribution in [3.05, 3.63) is 12.2 Å². The molecule has 0 spiro atoms. The smallest absolute Gasteiger partial charge is 0.305 e. The summed E-state index contributed by atoms with van der Waals surface area (Å²) in [6, 6.07) is 0. The number of hydrogen-bond acceptors (Lipinski definition) is 6. The van der Waals surface area contributed by atoms with E-state index in [1.165, 1.54) is 38.4 Å². The quantitative estimate of drug-likeness (QED) is 0.0986. The van der Waals surface area contributed by atoms with E-state index in [1.54, 1.807) is 6.92 Å². The second-order valence-corrected chi connectivity index (χ2v) is 19.6. The average Bonchev–Trinajstić information content (AvgIpc) is 3.50. The van der Waals surface area contributed by atoms with E-state index in [-0.39, 0.29) is 57.4 Å². The van der Waals surface area contributed by atoms with Gasteiger partial charge in [-0.1, -0.05) is 66.0 Å². The summed E-state index contributed by atoms with van der Waals surface area (Å²) in [5.41, 5.74) is 1.54. The van der Waals surface area contributed by atoms with Gasteiger partial charge in [0, 0.05) is 38.3 Å². The second-order valence-electron chi connectivity index (χ2n) is 19.6. The van der Waals surface area contributed by atoms with Crippen molar-refractivity contribution in [3.63, 3.8) is 0 Å². The Morgan fingerprint density at radius 3 is 2.04 bits per heavy atom. The van der Waals surface area contributed by atoms with Gasteiger partial charge in [-0.05, 0) is 136 Å². The van der Waals surface area contributed by atoms with Crippen LogP contribution in [0.4, 0.5) is 0 Å². The molecule has 8 nitrogen and oxygen atoms in total. The van der Waals surface area contributed by atoms with Gasteiger partial charge in [-0.25, -0.2) is 0 Å². The van der Waals surface area contributed by atoms with E-state index < -0.39 is 0 Å². The first-order valence-electron chi connectivity index (χ1n) is 21.4. The molecule has 0 bridgehead atoms. The Morgan fingerprint density at radius 1 is 0.698 bits per heavy atom. The van der Waals surface area contributed by atoms with Gasteiger partial charge in [0.2, 0.25) is 11.8 Å². The molecule has 5 aliphatic rings. The average molecular weight is 739 g/mol. The zero-order valence-electron chi connectivity index (χ0n) is 34.8. The van der Waals surface area contributed by atoms with Crippen molar-refractivity contribution >= 4 is 23.8 Å². The lowest BCUT2D eigenvalue weighted by atomic mass is 9.32. The summed E-state index contributed by atoms with van der Waals surface area (Å²) in [5.74, 6) is 2.31. The Hall–Kier alpha value is -2.38. The highest BCUT2D eigenvalue weighted by Crippen LogP contribution is 2.77. The molecule has 10 atom stereocenters. The molecule has 5 saturated carbocycles. The molecule has 5 rings (SSSR count). The topological polar surface area (TPSA) is 111 Å². The molecule has 2 N–H and O–H groups in total.